The number of amides is 2. The minimum atomic E-state index is -0.401. The Labute approximate surface area is 174 Å². The van der Waals surface area contributed by atoms with Gasteiger partial charge in [-0.2, -0.15) is 0 Å². The lowest BCUT2D eigenvalue weighted by molar-refractivity contribution is -0.115. The molecule has 0 bridgehead atoms. The predicted molar refractivity (Wildman–Crippen MR) is 110 cm³/mol. The SMILES string of the molecule is CCOc1cc(/C=C2\SC(=O)NC2=O)cc(Br)c1OCc1ccc(Cl)cc1. The smallest absolute Gasteiger partial charge is 0.290 e. The molecule has 2 aromatic carbocycles. The van der Waals surface area contributed by atoms with Crippen LogP contribution in [0.1, 0.15) is 18.1 Å². The zero-order valence-corrected chi connectivity index (χ0v) is 17.4. The summed E-state index contributed by atoms with van der Waals surface area (Å²) in [6.07, 6.45) is 1.64. The third-order valence-electron chi connectivity index (χ3n) is 3.57. The Balaban J connectivity index is 1.85. The van der Waals surface area contributed by atoms with E-state index in [1.807, 2.05) is 25.1 Å². The largest absolute Gasteiger partial charge is 0.490 e. The summed E-state index contributed by atoms with van der Waals surface area (Å²) >= 11 is 10.3. The number of carbonyl (C=O) groups is 2. The second-order valence-corrected chi connectivity index (χ2v) is 7.84. The van der Waals surface area contributed by atoms with Crippen molar-refractivity contribution in [2.45, 2.75) is 13.5 Å². The van der Waals surface area contributed by atoms with Gasteiger partial charge < -0.3 is 9.47 Å². The average molecular weight is 469 g/mol. The molecule has 0 unspecified atom stereocenters. The summed E-state index contributed by atoms with van der Waals surface area (Å²) in [5.41, 5.74) is 1.69. The molecule has 8 heteroatoms. The molecule has 1 N–H and O–H groups in total. The molecule has 1 fully saturated rings. The van der Waals surface area contributed by atoms with Crippen molar-refractivity contribution >= 4 is 56.5 Å². The Morgan fingerprint density at radius 2 is 1.93 bits per heavy atom. The molecule has 1 saturated heterocycles. The van der Waals surface area contributed by atoms with Gasteiger partial charge in [-0.15, -0.1) is 0 Å². The summed E-state index contributed by atoms with van der Waals surface area (Å²) in [5.74, 6) is 0.707. The molecule has 5 nitrogen and oxygen atoms in total. The first kappa shape index (κ1) is 19.8. The normalized spacial score (nSPS) is 15.1. The van der Waals surface area contributed by atoms with E-state index in [-0.39, 0.29) is 5.24 Å². The molecule has 0 saturated carbocycles. The second kappa shape index (κ2) is 8.82. The number of thioether (sulfide) groups is 1. The molecular formula is C19H15BrClNO4S. The van der Waals surface area contributed by atoms with Gasteiger partial charge in [-0.1, -0.05) is 23.7 Å². The molecule has 27 heavy (non-hydrogen) atoms. The van der Waals surface area contributed by atoms with Crippen molar-refractivity contribution < 1.29 is 19.1 Å². The highest BCUT2D eigenvalue weighted by molar-refractivity contribution is 9.10. The van der Waals surface area contributed by atoms with E-state index in [0.29, 0.717) is 39.1 Å². The molecule has 0 radical (unpaired) electrons. The minimum absolute atomic E-state index is 0.337. The van der Waals surface area contributed by atoms with Crippen LogP contribution in [0.15, 0.2) is 45.8 Å². The summed E-state index contributed by atoms with van der Waals surface area (Å²) in [7, 11) is 0. The summed E-state index contributed by atoms with van der Waals surface area (Å²) in [5, 5.41) is 2.52. The topological polar surface area (TPSA) is 64.6 Å². The Bertz CT molecular complexity index is 915. The van der Waals surface area contributed by atoms with Crippen LogP contribution in [0, 0.1) is 0 Å². The molecule has 3 rings (SSSR count). The lowest BCUT2D eigenvalue weighted by Crippen LogP contribution is -2.17. The van der Waals surface area contributed by atoms with Crippen molar-refractivity contribution in [2.24, 2.45) is 0 Å². The second-order valence-electron chi connectivity index (χ2n) is 5.53. The molecule has 0 aliphatic carbocycles. The maximum absolute atomic E-state index is 11.7. The van der Waals surface area contributed by atoms with Gasteiger partial charge in [-0.3, -0.25) is 14.9 Å². The highest BCUT2D eigenvalue weighted by Crippen LogP contribution is 2.39. The van der Waals surface area contributed by atoms with Gasteiger partial charge >= 0.3 is 0 Å². The Hall–Kier alpha value is -1.96. The van der Waals surface area contributed by atoms with Crippen LogP contribution in [0.4, 0.5) is 4.79 Å². The van der Waals surface area contributed by atoms with Gasteiger partial charge in [0.25, 0.3) is 11.1 Å². The van der Waals surface area contributed by atoms with E-state index in [4.69, 9.17) is 21.1 Å². The number of rotatable bonds is 6. The van der Waals surface area contributed by atoms with E-state index in [1.165, 1.54) is 0 Å². The standard InChI is InChI=1S/C19H15BrClNO4S/c1-2-25-15-8-12(9-16-18(23)22-19(24)27-16)7-14(20)17(15)26-10-11-3-5-13(21)6-4-11/h3-9H,2,10H2,1H3,(H,22,23,24)/b16-9-. The Kier molecular flexibility index (Phi) is 6.46. The van der Waals surface area contributed by atoms with Gasteiger partial charge in [0.1, 0.15) is 6.61 Å². The molecular weight excluding hydrogens is 454 g/mol. The van der Waals surface area contributed by atoms with Crippen molar-refractivity contribution in [1.29, 1.82) is 0 Å². The van der Waals surface area contributed by atoms with Crippen molar-refractivity contribution in [3.8, 4) is 11.5 Å². The fourth-order valence-electron chi connectivity index (χ4n) is 2.38. The average Bonchev–Trinajstić information content (AvgIpc) is 2.93. The monoisotopic (exact) mass is 467 g/mol. The van der Waals surface area contributed by atoms with Crippen LogP contribution >= 0.6 is 39.3 Å². The van der Waals surface area contributed by atoms with Crippen molar-refractivity contribution in [3.63, 3.8) is 0 Å². The van der Waals surface area contributed by atoms with Gasteiger partial charge in [0.05, 0.1) is 16.0 Å². The molecule has 0 spiro atoms. The molecule has 140 valence electrons. The number of benzene rings is 2. The summed E-state index contributed by atoms with van der Waals surface area (Å²) in [6, 6.07) is 11.0. The predicted octanol–water partition coefficient (Wildman–Crippen LogP) is 5.40. The van der Waals surface area contributed by atoms with E-state index in [9.17, 15) is 9.59 Å². The lowest BCUT2D eigenvalue weighted by Gasteiger charge is -2.15. The Morgan fingerprint density at radius 1 is 1.19 bits per heavy atom. The molecule has 1 aliphatic heterocycles. The summed E-state index contributed by atoms with van der Waals surface area (Å²) in [6.45, 7) is 2.68. The van der Waals surface area contributed by atoms with E-state index in [0.717, 1.165) is 22.9 Å². The van der Waals surface area contributed by atoms with Crippen LogP contribution in [0.2, 0.25) is 5.02 Å². The molecule has 1 aliphatic rings. The van der Waals surface area contributed by atoms with Gasteiger partial charge in [0, 0.05) is 5.02 Å². The minimum Gasteiger partial charge on any atom is -0.490 e. The van der Waals surface area contributed by atoms with E-state index < -0.39 is 5.91 Å². The fourth-order valence-corrected chi connectivity index (χ4v) is 3.77. The maximum atomic E-state index is 11.7. The van der Waals surface area contributed by atoms with Crippen LogP contribution in [0.5, 0.6) is 11.5 Å². The van der Waals surface area contributed by atoms with Crippen molar-refractivity contribution in [1.82, 2.24) is 5.32 Å². The first-order chi connectivity index (χ1) is 13.0. The van der Waals surface area contributed by atoms with Crippen LogP contribution in [-0.2, 0) is 11.4 Å². The molecule has 1 heterocycles. The van der Waals surface area contributed by atoms with E-state index >= 15 is 0 Å². The van der Waals surface area contributed by atoms with Gasteiger partial charge in [0.2, 0.25) is 0 Å². The summed E-state index contributed by atoms with van der Waals surface area (Å²) in [4.78, 5) is 23.4. The first-order valence-electron chi connectivity index (χ1n) is 8.04. The molecule has 0 aromatic heterocycles. The molecule has 2 aromatic rings. The zero-order valence-electron chi connectivity index (χ0n) is 14.3. The van der Waals surface area contributed by atoms with E-state index in [1.54, 1.807) is 24.3 Å². The summed E-state index contributed by atoms with van der Waals surface area (Å²) < 4.78 is 12.3. The number of hydrogen-bond acceptors (Lipinski definition) is 5. The quantitative estimate of drug-likeness (QED) is 0.575. The lowest BCUT2D eigenvalue weighted by atomic mass is 10.1. The van der Waals surface area contributed by atoms with Crippen LogP contribution in [-0.4, -0.2) is 17.8 Å². The third-order valence-corrected chi connectivity index (χ3v) is 5.22. The van der Waals surface area contributed by atoms with Crippen LogP contribution in [0.3, 0.4) is 0 Å². The zero-order chi connectivity index (χ0) is 19.4. The number of nitrogens with one attached hydrogen (secondary N) is 1. The van der Waals surface area contributed by atoms with Crippen LogP contribution < -0.4 is 14.8 Å². The van der Waals surface area contributed by atoms with Gasteiger partial charge in [0.15, 0.2) is 11.5 Å². The van der Waals surface area contributed by atoms with Gasteiger partial charge in [-0.25, -0.2) is 0 Å². The van der Waals surface area contributed by atoms with Crippen molar-refractivity contribution in [2.75, 3.05) is 6.61 Å². The number of ether oxygens (including phenoxy) is 2. The maximum Gasteiger partial charge on any atom is 0.290 e. The number of carbonyl (C=O) groups excluding carboxylic acids is 2. The molecule has 2 amide bonds. The van der Waals surface area contributed by atoms with Crippen molar-refractivity contribution in [3.05, 3.63) is 61.9 Å². The highest BCUT2D eigenvalue weighted by Gasteiger charge is 2.25. The molecule has 0 atom stereocenters. The first-order valence-corrected chi connectivity index (χ1v) is 10.0. The number of hydrogen-bond donors (Lipinski definition) is 1. The van der Waals surface area contributed by atoms with Gasteiger partial charge in [-0.05, 0) is 76.1 Å². The highest BCUT2D eigenvalue weighted by atomic mass is 79.9. The Morgan fingerprint density at radius 3 is 2.56 bits per heavy atom. The van der Waals surface area contributed by atoms with Crippen LogP contribution in [0.25, 0.3) is 6.08 Å². The van der Waals surface area contributed by atoms with E-state index in [2.05, 4.69) is 21.2 Å². The number of halogens is 2. The number of imide groups is 1. The fraction of sp³-hybridized carbons (Fsp3) is 0.158. The third kappa shape index (κ3) is 5.06.